The summed E-state index contributed by atoms with van der Waals surface area (Å²) in [6, 6.07) is 0. The van der Waals surface area contributed by atoms with E-state index in [1.165, 1.54) is 0 Å². The van der Waals surface area contributed by atoms with Gasteiger partial charge >= 0.3 is 0 Å². The lowest BCUT2D eigenvalue weighted by Crippen LogP contribution is -1.87. The van der Waals surface area contributed by atoms with E-state index >= 15 is 0 Å². The smallest absolute Gasteiger partial charge is 0.00192 e. The Hall–Kier alpha value is -0.780. The average molecular weight is 108 g/mol. The quantitative estimate of drug-likeness (QED) is 0.385. The van der Waals surface area contributed by atoms with E-state index in [1.54, 1.807) is 6.08 Å². The lowest BCUT2D eigenvalue weighted by atomic mass is 10.0. The van der Waals surface area contributed by atoms with Gasteiger partial charge in [-0.3, -0.25) is 0 Å². The first-order chi connectivity index (χ1) is 3.72. The van der Waals surface area contributed by atoms with Crippen LogP contribution in [-0.4, -0.2) is 0 Å². The second-order valence-electron chi connectivity index (χ2n) is 1.80. The highest BCUT2D eigenvalue weighted by atomic mass is 14.0. The topological polar surface area (TPSA) is 0 Å². The monoisotopic (exact) mass is 108 g/mol. The number of hydrogen-bond donors (Lipinski definition) is 0. The van der Waals surface area contributed by atoms with E-state index in [9.17, 15) is 0 Å². The van der Waals surface area contributed by atoms with Crippen molar-refractivity contribution < 1.29 is 0 Å². The van der Waals surface area contributed by atoms with Crippen molar-refractivity contribution in [3.05, 3.63) is 37.5 Å². The fraction of sp³-hybridized carbons (Fsp3) is 0.250. The summed E-state index contributed by atoms with van der Waals surface area (Å²) in [7, 11) is 0. The molecule has 0 spiro atoms. The summed E-state index contributed by atoms with van der Waals surface area (Å²) in [5.74, 6) is 0.368. The van der Waals surface area contributed by atoms with Gasteiger partial charge in [0, 0.05) is 0 Å². The normalized spacial score (nSPS) is 12.1. The van der Waals surface area contributed by atoms with Crippen LogP contribution in [0.4, 0.5) is 0 Å². The zero-order valence-corrected chi connectivity index (χ0v) is 5.35. The molecule has 0 aromatic rings. The van der Waals surface area contributed by atoms with Crippen molar-refractivity contribution in [2.24, 2.45) is 5.92 Å². The minimum atomic E-state index is 0.368. The fourth-order valence-electron chi connectivity index (χ4n) is 0.337. The summed E-state index contributed by atoms with van der Waals surface area (Å²) >= 11 is 0. The molecule has 0 bridgehead atoms. The second kappa shape index (κ2) is 3.25. The van der Waals surface area contributed by atoms with Crippen molar-refractivity contribution >= 4 is 0 Å². The number of allylic oxidation sites excluding steroid dienone is 3. The summed E-state index contributed by atoms with van der Waals surface area (Å²) in [6.45, 7) is 13.0. The first kappa shape index (κ1) is 7.22. The van der Waals surface area contributed by atoms with E-state index in [1.807, 2.05) is 13.0 Å². The Morgan fingerprint density at radius 2 is 2.00 bits per heavy atom. The van der Waals surface area contributed by atoms with Crippen molar-refractivity contribution in [2.75, 3.05) is 0 Å². The molecule has 0 aromatic carbocycles. The molecular weight excluding hydrogens is 96.1 g/mol. The Morgan fingerprint density at radius 3 is 2.12 bits per heavy atom. The SMILES string of the molecule is C=CC(=C)[C@H](C)C=C. The van der Waals surface area contributed by atoms with Gasteiger partial charge < -0.3 is 0 Å². The number of hydrogen-bond acceptors (Lipinski definition) is 0. The van der Waals surface area contributed by atoms with E-state index < -0.39 is 0 Å². The van der Waals surface area contributed by atoms with Gasteiger partial charge in [-0.1, -0.05) is 32.2 Å². The van der Waals surface area contributed by atoms with Crippen LogP contribution in [-0.2, 0) is 0 Å². The van der Waals surface area contributed by atoms with Crippen LogP contribution in [0.3, 0.4) is 0 Å². The maximum Gasteiger partial charge on any atom is -0.00192 e. The van der Waals surface area contributed by atoms with Gasteiger partial charge in [0.15, 0.2) is 0 Å². The minimum absolute atomic E-state index is 0.368. The van der Waals surface area contributed by atoms with E-state index in [2.05, 4.69) is 19.7 Å². The Balaban J connectivity index is 3.80. The molecule has 1 atom stereocenters. The summed E-state index contributed by atoms with van der Waals surface area (Å²) in [5.41, 5.74) is 1.03. The Kier molecular flexibility index (Phi) is 2.93. The zero-order chi connectivity index (χ0) is 6.57. The van der Waals surface area contributed by atoms with Crippen LogP contribution >= 0.6 is 0 Å². The Morgan fingerprint density at radius 1 is 1.50 bits per heavy atom. The van der Waals surface area contributed by atoms with E-state index in [0.717, 1.165) is 5.57 Å². The van der Waals surface area contributed by atoms with Crippen molar-refractivity contribution in [2.45, 2.75) is 6.92 Å². The largest absolute Gasteiger partial charge is 0.102 e. The van der Waals surface area contributed by atoms with Gasteiger partial charge in [-0.2, -0.15) is 0 Å². The van der Waals surface area contributed by atoms with E-state index in [4.69, 9.17) is 0 Å². The van der Waals surface area contributed by atoms with Crippen LogP contribution in [0.25, 0.3) is 0 Å². The summed E-state index contributed by atoms with van der Waals surface area (Å²) in [6.07, 6.45) is 3.61. The van der Waals surface area contributed by atoms with E-state index in [-0.39, 0.29) is 0 Å². The maximum absolute atomic E-state index is 3.75. The molecule has 0 heterocycles. The van der Waals surface area contributed by atoms with Crippen LogP contribution in [0.15, 0.2) is 37.5 Å². The molecule has 0 radical (unpaired) electrons. The summed E-state index contributed by atoms with van der Waals surface area (Å²) < 4.78 is 0. The van der Waals surface area contributed by atoms with Crippen molar-refractivity contribution in [3.63, 3.8) is 0 Å². The lowest BCUT2D eigenvalue weighted by Gasteiger charge is -2.01. The van der Waals surface area contributed by atoms with Crippen LogP contribution in [0, 0.1) is 5.92 Å². The standard InChI is InChI=1S/C8H12/c1-5-7(3)8(4)6-2/h5-6,8H,1-3H2,4H3/t8-/m1/s1. The molecule has 0 saturated heterocycles. The second-order valence-corrected chi connectivity index (χ2v) is 1.80. The zero-order valence-electron chi connectivity index (χ0n) is 5.35. The molecule has 0 saturated carbocycles. The van der Waals surface area contributed by atoms with Gasteiger partial charge in [-0.15, -0.1) is 6.58 Å². The molecule has 0 aromatic heterocycles. The van der Waals surface area contributed by atoms with Gasteiger partial charge in [0.05, 0.1) is 0 Å². The van der Waals surface area contributed by atoms with Crippen molar-refractivity contribution in [1.82, 2.24) is 0 Å². The van der Waals surface area contributed by atoms with Crippen LogP contribution in [0.1, 0.15) is 6.92 Å². The average Bonchev–Trinajstić information content (AvgIpc) is 1.84. The first-order valence-electron chi connectivity index (χ1n) is 2.66. The molecule has 0 aliphatic carbocycles. The Bertz CT molecular complexity index is 109. The van der Waals surface area contributed by atoms with Crippen LogP contribution in [0.2, 0.25) is 0 Å². The molecule has 0 unspecified atom stereocenters. The molecular formula is C8H12. The molecule has 8 heavy (non-hydrogen) atoms. The number of rotatable bonds is 3. The molecule has 44 valence electrons. The highest BCUT2D eigenvalue weighted by molar-refractivity contribution is 5.17. The predicted octanol–water partition coefficient (Wildman–Crippen LogP) is 2.55. The maximum atomic E-state index is 3.75. The van der Waals surface area contributed by atoms with E-state index in [0.29, 0.717) is 5.92 Å². The van der Waals surface area contributed by atoms with Crippen LogP contribution < -0.4 is 0 Å². The predicted molar refractivity (Wildman–Crippen MR) is 38.7 cm³/mol. The van der Waals surface area contributed by atoms with Crippen molar-refractivity contribution in [3.8, 4) is 0 Å². The van der Waals surface area contributed by atoms with Gasteiger partial charge in [-0.25, -0.2) is 0 Å². The van der Waals surface area contributed by atoms with Gasteiger partial charge in [0.25, 0.3) is 0 Å². The van der Waals surface area contributed by atoms with Gasteiger partial charge in [0.1, 0.15) is 0 Å². The molecule has 0 aliphatic heterocycles. The van der Waals surface area contributed by atoms with Crippen LogP contribution in [0.5, 0.6) is 0 Å². The molecule has 0 N–H and O–H groups in total. The summed E-state index contributed by atoms with van der Waals surface area (Å²) in [5, 5.41) is 0. The lowest BCUT2D eigenvalue weighted by molar-refractivity contribution is 0.900. The van der Waals surface area contributed by atoms with Gasteiger partial charge in [0.2, 0.25) is 0 Å². The highest BCUT2D eigenvalue weighted by Crippen LogP contribution is 2.08. The summed E-state index contributed by atoms with van der Waals surface area (Å²) in [4.78, 5) is 0. The minimum Gasteiger partial charge on any atom is -0.102 e. The third-order valence-electron chi connectivity index (χ3n) is 1.20. The highest BCUT2D eigenvalue weighted by Gasteiger charge is 1.93. The fourth-order valence-corrected chi connectivity index (χ4v) is 0.337. The molecule has 0 fully saturated rings. The molecule has 0 amide bonds. The first-order valence-corrected chi connectivity index (χ1v) is 2.66. The third kappa shape index (κ3) is 1.78. The molecule has 0 aliphatic rings. The molecule has 0 rings (SSSR count). The third-order valence-corrected chi connectivity index (χ3v) is 1.20. The molecule has 0 nitrogen and oxygen atoms in total. The van der Waals surface area contributed by atoms with Crippen molar-refractivity contribution in [1.29, 1.82) is 0 Å². The molecule has 0 heteroatoms. The van der Waals surface area contributed by atoms with Gasteiger partial charge in [-0.05, 0) is 11.5 Å². The Labute approximate surface area is 51.2 Å².